The number of hydrogen-bond donors (Lipinski definition) is 5. The maximum atomic E-state index is 13.4. The van der Waals surface area contributed by atoms with E-state index in [1.807, 2.05) is 36.4 Å². The zero-order valence-corrected chi connectivity index (χ0v) is 30.0. The van der Waals surface area contributed by atoms with Crippen LogP contribution in [0.4, 0.5) is 0 Å². The first kappa shape index (κ1) is 40.9. The van der Waals surface area contributed by atoms with Gasteiger partial charge in [0.25, 0.3) is 5.91 Å². The second kappa shape index (κ2) is 20.9. The molecule has 1 aliphatic heterocycles. The number of hydrogen-bond acceptors (Lipinski definition) is 8. The van der Waals surface area contributed by atoms with Crippen LogP contribution in [0.5, 0.6) is 0 Å². The Kier molecular flexibility index (Phi) is 19.5. The van der Waals surface area contributed by atoms with Crippen LogP contribution < -0.4 is 59.1 Å². The van der Waals surface area contributed by atoms with Crippen molar-refractivity contribution in [1.29, 1.82) is 0 Å². The van der Waals surface area contributed by atoms with Crippen molar-refractivity contribution >= 4 is 28.6 Å². The summed E-state index contributed by atoms with van der Waals surface area (Å²) in [4.78, 5) is 41.3. The predicted octanol–water partition coefficient (Wildman–Crippen LogP) is -2.61. The number of hydroxylamine groups is 2. The Morgan fingerprint density at radius 2 is 1.43 bits per heavy atom. The SMILES string of the molecule is C[C@@H]1O[C@@H](CCCN(OCCCCCCCCC(C(=O)O)C(=O)O)C(=O)c2ccc3ccccc3c2)[C@@H](O)[C@H](O)[C@@H]1O.[Na+].[Na+]. The fourth-order valence-corrected chi connectivity index (χ4v) is 5.19. The van der Waals surface area contributed by atoms with Crippen LogP contribution in [0.1, 0.15) is 75.1 Å². The van der Waals surface area contributed by atoms with Crippen LogP contribution in [0, 0.1) is 5.92 Å². The number of aliphatic carboxylic acids is 2. The first-order chi connectivity index (χ1) is 20.1. The Morgan fingerprint density at radius 3 is 2.09 bits per heavy atom. The second-order valence-corrected chi connectivity index (χ2v) is 10.9. The smallest absolute Gasteiger partial charge is 0.481 e. The zero-order chi connectivity index (χ0) is 30.6. The number of benzene rings is 2. The maximum absolute atomic E-state index is 13.4. The third kappa shape index (κ3) is 12.3. The molecule has 0 aromatic heterocycles. The number of carbonyl (C=O) groups is 3. The summed E-state index contributed by atoms with van der Waals surface area (Å²) in [7, 11) is 0. The van der Waals surface area contributed by atoms with E-state index in [4.69, 9.17) is 19.8 Å². The number of aliphatic hydroxyl groups excluding tert-OH is 3. The third-order valence-corrected chi connectivity index (χ3v) is 7.75. The minimum atomic E-state index is -1.36. The molecule has 0 aliphatic carbocycles. The number of rotatable bonds is 17. The standard InChI is InChI=1S/C31H43NO10.2Na/c1-20-26(33)28(35)27(34)25(42-20)14-10-17-32(29(36)23-16-15-21-11-7-8-12-22(21)19-23)41-18-9-5-3-2-4-6-13-24(30(37)38)31(39)40;;/h7-8,11-12,15-16,19-20,24-28,33-35H,2-6,9-10,13-14,17-18H2,1H3,(H,37,38)(H,39,40);;/q;2*+1/t20-,25-,26+,27+,28+;;/m0../s1. The second-order valence-electron chi connectivity index (χ2n) is 10.9. The fraction of sp³-hybridized carbons (Fsp3) is 0.581. The number of ether oxygens (including phenoxy) is 1. The van der Waals surface area contributed by atoms with Crippen LogP contribution in [0.2, 0.25) is 0 Å². The molecule has 0 unspecified atom stereocenters. The summed E-state index contributed by atoms with van der Waals surface area (Å²) in [5.74, 6) is -4.27. The summed E-state index contributed by atoms with van der Waals surface area (Å²) in [6, 6.07) is 13.2. The van der Waals surface area contributed by atoms with Crippen LogP contribution in [0.15, 0.2) is 42.5 Å². The molecule has 13 heteroatoms. The molecule has 232 valence electrons. The van der Waals surface area contributed by atoms with Crippen LogP contribution in [-0.4, -0.2) is 92.1 Å². The van der Waals surface area contributed by atoms with E-state index in [9.17, 15) is 29.7 Å². The van der Waals surface area contributed by atoms with Crippen LogP contribution in [0.25, 0.3) is 10.8 Å². The molecule has 1 fully saturated rings. The molecule has 1 amide bonds. The number of carbonyl (C=O) groups excluding carboxylic acids is 1. The number of unbranched alkanes of at least 4 members (excludes halogenated alkanes) is 5. The van der Waals surface area contributed by atoms with Crippen LogP contribution >= 0.6 is 0 Å². The van der Waals surface area contributed by atoms with Crippen molar-refractivity contribution in [3.63, 3.8) is 0 Å². The van der Waals surface area contributed by atoms with Crippen molar-refractivity contribution in [2.45, 2.75) is 95.2 Å². The average molecular weight is 636 g/mol. The molecule has 1 aliphatic rings. The molecule has 2 aromatic carbocycles. The van der Waals surface area contributed by atoms with Gasteiger partial charge >= 0.3 is 71.1 Å². The molecule has 0 saturated carbocycles. The Balaban J connectivity index is 0.00000484. The van der Waals surface area contributed by atoms with Crippen molar-refractivity contribution < 1.29 is 109 Å². The normalized spacial score (nSPS) is 21.3. The summed E-state index contributed by atoms with van der Waals surface area (Å²) in [5, 5.41) is 51.5. The van der Waals surface area contributed by atoms with E-state index >= 15 is 0 Å². The molecular formula is C31H43NNa2O10+2. The molecule has 1 saturated heterocycles. The molecule has 44 heavy (non-hydrogen) atoms. The molecule has 1 heterocycles. The Bertz CT molecular complexity index is 1170. The van der Waals surface area contributed by atoms with E-state index in [1.54, 1.807) is 13.0 Å². The molecule has 2 aromatic rings. The quantitative estimate of drug-likeness (QED) is 0.0537. The van der Waals surface area contributed by atoms with Gasteiger partial charge in [-0.15, -0.1) is 0 Å². The third-order valence-electron chi connectivity index (χ3n) is 7.75. The van der Waals surface area contributed by atoms with E-state index in [1.165, 1.54) is 5.06 Å². The molecule has 0 bridgehead atoms. The van der Waals surface area contributed by atoms with Gasteiger partial charge in [0.15, 0.2) is 5.92 Å². The molecule has 3 rings (SSSR count). The van der Waals surface area contributed by atoms with Gasteiger partial charge in [-0.3, -0.25) is 19.2 Å². The fourth-order valence-electron chi connectivity index (χ4n) is 5.19. The van der Waals surface area contributed by atoms with Crippen molar-refractivity contribution in [2.75, 3.05) is 13.2 Å². The van der Waals surface area contributed by atoms with E-state index < -0.39 is 48.4 Å². The number of fused-ring (bicyclic) bond motifs is 1. The van der Waals surface area contributed by atoms with Crippen molar-refractivity contribution in [3.8, 4) is 0 Å². The first-order valence-electron chi connectivity index (χ1n) is 14.7. The van der Waals surface area contributed by atoms with Gasteiger partial charge in [-0.2, -0.15) is 0 Å². The van der Waals surface area contributed by atoms with E-state index in [0.29, 0.717) is 37.9 Å². The van der Waals surface area contributed by atoms with Gasteiger partial charge in [-0.05, 0) is 55.5 Å². The Labute approximate surface area is 302 Å². The predicted molar refractivity (Wildman–Crippen MR) is 154 cm³/mol. The largest absolute Gasteiger partial charge is 1.00 e. The molecule has 5 N–H and O–H groups in total. The molecule has 11 nitrogen and oxygen atoms in total. The number of carboxylic acid groups (broad SMARTS) is 2. The number of nitrogens with zero attached hydrogens (tertiary/aromatic N) is 1. The minimum absolute atomic E-state index is 0. The van der Waals surface area contributed by atoms with Gasteiger partial charge < -0.3 is 30.3 Å². The minimum Gasteiger partial charge on any atom is -0.481 e. The van der Waals surface area contributed by atoms with Gasteiger partial charge in [-0.1, -0.05) is 62.4 Å². The summed E-state index contributed by atoms with van der Waals surface area (Å²) in [5.41, 5.74) is 0.482. The summed E-state index contributed by atoms with van der Waals surface area (Å²) >= 11 is 0. The molecule has 0 spiro atoms. The molecule has 5 atom stereocenters. The van der Waals surface area contributed by atoms with Gasteiger partial charge in [0.1, 0.15) is 18.3 Å². The molecular weight excluding hydrogens is 592 g/mol. The zero-order valence-electron chi connectivity index (χ0n) is 26.0. The summed E-state index contributed by atoms with van der Waals surface area (Å²) in [6.07, 6.45) is 0.388. The monoisotopic (exact) mass is 635 g/mol. The van der Waals surface area contributed by atoms with Crippen LogP contribution in [0.3, 0.4) is 0 Å². The number of amides is 1. The van der Waals surface area contributed by atoms with E-state index in [2.05, 4.69) is 0 Å². The topological polar surface area (TPSA) is 174 Å². The van der Waals surface area contributed by atoms with Crippen molar-refractivity contribution in [1.82, 2.24) is 5.06 Å². The molecule has 0 radical (unpaired) electrons. The van der Waals surface area contributed by atoms with Crippen molar-refractivity contribution in [2.24, 2.45) is 5.92 Å². The van der Waals surface area contributed by atoms with Gasteiger partial charge in [0.2, 0.25) is 0 Å². The van der Waals surface area contributed by atoms with Crippen molar-refractivity contribution in [3.05, 3.63) is 48.0 Å². The first-order valence-corrected chi connectivity index (χ1v) is 14.7. The van der Waals surface area contributed by atoms with Gasteiger partial charge in [0.05, 0.1) is 18.8 Å². The van der Waals surface area contributed by atoms with E-state index in [0.717, 1.165) is 36.5 Å². The Hall–Kier alpha value is -1.09. The van der Waals surface area contributed by atoms with E-state index in [-0.39, 0.29) is 78.0 Å². The summed E-state index contributed by atoms with van der Waals surface area (Å²) < 4.78 is 5.68. The Morgan fingerprint density at radius 1 is 0.818 bits per heavy atom. The summed E-state index contributed by atoms with van der Waals surface area (Å²) in [6.45, 7) is 2.18. The average Bonchev–Trinajstić information content (AvgIpc) is 2.97. The van der Waals surface area contributed by atoms with Gasteiger partial charge in [0, 0.05) is 12.1 Å². The maximum Gasteiger partial charge on any atom is 1.00 e. The number of aliphatic hydroxyl groups is 3. The van der Waals surface area contributed by atoms with Gasteiger partial charge in [-0.25, -0.2) is 5.06 Å². The van der Waals surface area contributed by atoms with Crippen LogP contribution in [-0.2, 0) is 19.2 Å². The number of carboxylic acids is 2.